The third-order valence-electron chi connectivity index (χ3n) is 4.25. The number of halogens is 1. The highest BCUT2D eigenvalue weighted by molar-refractivity contribution is 6.31. The molecule has 0 bridgehead atoms. The molecule has 0 aromatic heterocycles. The molecular formula is C17H26ClNO2. The van der Waals surface area contributed by atoms with Crippen LogP contribution >= 0.6 is 11.6 Å². The van der Waals surface area contributed by atoms with E-state index in [-0.39, 0.29) is 6.04 Å². The van der Waals surface area contributed by atoms with E-state index in [4.69, 9.17) is 21.1 Å². The molecule has 3 atom stereocenters. The van der Waals surface area contributed by atoms with Crippen LogP contribution in [0.1, 0.15) is 44.7 Å². The van der Waals surface area contributed by atoms with Crippen LogP contribution in [0.4, 0.5) is 0 Å². The predicted octanol–water partition coefficient (Wildman–Crippen LogP) is 4.20. The van der Waals surface area contributed by atoms with Gasteiger partial charge < -0.3 is 14.8 Å². The number of ether oxygens (including phenoxy) is 2. The first kappa shape index (κ1) is 16.6. The second kappa shape index (κ2) is 8.02. The number of rotatable bonds is 7. The van der Waals surface area contributed by atoms with E-state index in [0.717, 1.165) is 48.7 Å². The number of methoxy groups -OCH3 is 1. The summed E-state index contributed by atoms with van der Waals surface area (Å²) in [6, 6.07) is 6.21. The van der Waals surface area contributed by atoms with Crippen molar-refractivity contribution in [2.75, 3.05) is 20.3 Å². The molecule has 0 spiro atoms. The second-order valence-electron chi connectivity index (χ2n) is 5.59. The largest absolute Gasteiger partial charge is 0.497 e. The molecule has 3 unspecified atom stereocenters. The van der Waals surface area contributed by atoms with Crippen molar-refractivity contribution < 1.29 is 9.47 Å². The molecule has 0 saturated carbocycles. The Bertz CT molecular complexity index is 452. The molecule has 0 aliphatic carbocycles. The van der Waals surface area contributed by atoms with Gasteiger partial charge in [-0.3, -0.25) is 0 Å². The summed E-state index contributed by atoms with van der Waals surface area (Å²) in [5, 5.41) is 4.43. The fourth-order valence-corrected chi connectivity index (χ4v) is 3.43. The molecule has 1 heterocycles. The molecular weight excluding hydrogens is 286 g/mol. The maximum Gasteiger partial charge on any atom is 0.120 e. The molecule has 4 heteroatoms. The molecule has 21 heavy (non-hydrogen) atoms. The van der Waals surface area contributed by atoms with Crippen molar-refractivity contribution in [1.82, 2.24) is 5.32 Å². The van der Waals surface area contributed by atoms with Gasteiger partial charge in [0.1, 0.15) is 5.75 Å². The quantitative estimate of drug-likeness (QED) is 0.818. The van der Waals surface area contributed by atoms with Crippen LogP contribution in [0.3, 0.4) is 0 Å². The van der Waals surface area contributed by atoms with E-state index in [2.05, 4.69) is 25.2 Å². The Balaban J connectivity index is 2.26. The number of nitrogens with one attached hydrogen (secondary N) is 1. The molecule has 0 amide bonds. The topological polar surface area (TPSA) is 30.5 Å². The Labute approximate surface area is 133 Å². The van der Waals surface area contributed by atoms with Gasteiger partial charge in [0.2, 0.25) is 0 Å². The van der Waals surface area contributed by atoms with Gasteiger partial charge in [-0.05, 0) is 43.5 Å². The summed E-state index contributed by atoms with van der Waals surface area (Å²) in [5.41, 5.74) is 1.15. The van der Waals surface area contributed by atoms with Gasteiger partial charge in [-0.1, -0.05) is 31.5 Å². The third-order valence-corrected chi connectivity index (χ3v) is 4.58. The minimum Gasteiger partial charge on any atom is -0.497 e. The first-order valence-corrected chi connectivity index (χ1v) is 8.27. The van der Waals surface area contributed by atoms with Crippen LogP contribution in [0.15, 0.2) is 18.2 Å². The Morgan fingerprint density at radius 3 is 2.86 bits per heavy atom. The molecule has 118 valence electrons. The maximum atomic E-state index is 6.49. The zero-order chi connectivity index (χ0) is 15.2. The van der Waals surface area contributed by atoms with E-state index in [1.165, 1.54) is 0 Å². The molecule has 1 aliphatic rings. The van der Waals surface area contributed by atoms with E-state index >= 15 is 0 Å². The smallest absolute Gasteiger partial charge is 0.120 e. The Kier molecular flexibility index (Phi) is 6.34. The van der Waals surface area contributed by atoms with Crippen LogP contribution in [0.5, 0.6) is 5.75 Å². The minimum absolute atomic E-state index is 0.246. The van der Waals surface area contributed by atoms with Crippen molar-refractivity contribution in [3.8, 4) is 5.75 Å². The fourth-order valence-electron chi connectivity index (χ4n) is 3.15. The zero-order valence-corrected chi connectivity index (χ0v) is 14.0. The van der Waals surface area contributed by atoms with Gasteiger partial charge in [0, 0.05) is 23.6 Å². The van der Waals surface area contributed by atoms with Gasteiger partial charge in [0.05, 0.1) is 13.2 Å². The summed E-state index contributed by atoms with van der Waals surface area (Å²) >= 11 is 6.49. The van der Waals surface area contributed by atoms with Crippen LogP contribution < -0.4 is 10.1 Å². The van der Waals surface area contributed by atoms with Crippen LogP contribution in [-0.4, -0.2) is 26.4 Å². The highest BCUT2D eigenvalue weighted by atomic mass is 35.5. The molecule has 2 rings (SSSR count). The van der Waals surface area contributed by atoms with E-state index in [1.54, 1.807) is 7.11 Å². The van der Waals surface area contributed by atoms with E-state index in [0.29, 0.717) is 12.0 Å². The summed E-state index contributed by atoms with van der Waals surface area (Å²) in [4.78, 5) is 0. The minimum atomic E-state index is 0.246. The Morgan fingerprint density at radius 1 is 1.43 bits per heavy atom. The summed E-state index contributed by atoms with van der Waals surface area (Å²) < 4.78 is 11.1. The SMILES string of the molecule is CCCNC(c1ccc(OC)cc1Cl)C1CCOC1CC. The highest BCUT2D eigenvalue weighted by Crippen LogP contribution is 2.38. The normalized spacial score (nSPS) is 23.2. The van der Waals surface area contributed by atoms with Crippen molar-refractivity contribution in [2.24, 2.45) is 5.92 Å². The van der Waals surface area contributed by atoms with Crippen LogP contribution in [0.25, 0.3) is 0 Å². The molecule has 1 fully saturated rings. The van der Waals surface area contributed by atoms with Crippen molar-refractivity contribution >= 4 is 11.6 Å². The van der Waals surface area contributed by atoms with Crippen LogP contribution in [-0.2, 0) is 4.74 Å². The summed E-state index contributed by atoms with van der Waals surface area (Å²) in [6.07, 6.45) is 3.55. The average molecular weight is 312 g/mol. The highest BCUT2D eigenvalue weighted by Gasteiger charge is 2.35. The number of hydrogen-bond donors (Lipinski definition) is 1. The Hall–Kier alpha value is -0.770. The lowest BCUT2D eigenvalue weighted by Gasteiger charge is -2.29. The van der Waals surface area contributed by atoms with Gasteiger partial charge in [0.15, 0.2) is 0 Å². The first-order valence-electron chi connectivity index (χ1n) is 7.89. The maximum absolute atomic E-state index is 6.49. The zero-order valence-electron chi connectivity index (χ0n) is 13.2. The van der Waals surface area contributed by atoms with Gasteiger partial charge in [-0.15, -0.1) is 0 Å². The summed E-state index contributed by atoms with van der Waals surface area (Å²) in [5.74, 6) is 1.28. The third kappa shape index (κ3) is 3.91. The molecule has 1 N–H and O–H groups in total. The lowest BCUT2D eigenvalue weighted by molar-refractivity contribution is 0.0774. The van der Waals surface area contributed by atoms with E-state index < -0.39 is 0 Å². The number of benzene rings is 1. The first-order chi connectivity index (χ1) is 10.2. The van der Waals surface area contributed by atoms with Crippen LogP contribution in [0.2, 0.25) is 5.02 Å². The molecule has 3 nitrogen and oxygen atoms in total. The molecule has 1 aromatic carbocycles. The van der Waals surface area contributed by atoms with Gasteiger partial charge in [-0.2, -0.15) is 0 Å². The van der Waals surface area contributed by atoms with Gasteiger partial charge >= 0.3 is 0 Å². The molecule has 1 saturated heterocycles. The van der Waals surface area contributed by atoms with Crippen LogP contribution in [0, 0.1) is 5.92 Å². The van der Waals surface area contributed by atoms with E-state index in [9.17, 15) is 0 Å². The molecule has 1 aliphatic heterocycles. The van der Waals surface area contributed by atoms with Gasteiger partial charge in [0.25, 0.3) is 0 Å². The summed E-state index contributed by atoms with van der Waals surface area (Å²) in [6.45, 7) is 6.21. The van der Waals surface area contributed by atoms with Crippen molar-refractivity contribution in [1.29, 1.82) is 0 Å². The predicted molar refractivity (Wildman–Crippen MR) is 87.2 cm³/mol. The van der Waals surface area contributed by atoms with Crippen molar-refractivity contribution in [2.45, 2.75) is 45.3 Å². The van der Waals surface area contributed by atoms with Crippen molar-refractivity contribution in [3.05, 3.63) is 28.8 Å². The average Bonchev–Trinajstić information content (AvgIpc) is 2.97. The monoisotopic (exact) mass is 311 g/mol. The van der Waals surface area contributed by atoms with Gasteiger partial charge in [-0.25, -0.2) is 0 Å². The van der Waals surface area contributed by atoms with E-state index in [1.807, 2.05) is 12.1 Å². The Morgan fingerprint density at radius 2 is 2.24 bits per heavy atom. The van der Waals surface area contributed by atoms with Crippen molar-refractivity contribution in [3.63, 3.8) is 0 Å². The molecule has 0 radical (unpaired) electrons. The summed E-state index contributed by atoms with van der Waals surface area (Å²) in [7, 11) is 1.66. The standard InChI is InChI=1S/C17H26ClNO2/c1-4-9-19-17(14-8-10-21-16(14)5-2)13-7-6-12(20-3)11-15(13)18/h6-7,11,14,16-17,19H,4-5,8-10H2,1-3H3. The fraction of sp³-hybridized carbons (Fsp3) is 0.647. The second-order valence-corrected chi connectivity index (χ2v) is 6.00. The lowest BCUT2D eigenvalue weighted by Crippen LogP contribution is -2.33. The number of hydrogen-bond acceptors (Lipinski definition) is 3. The lowest BCUT2D eigenvalue weighted by atomic mass is 9.86. The molecule has 1 aromatic rings.